The van der Waals surface area contributed by atoms with Gasteiger partial charge >= 0.3 is 0 Å². The van der Waals surface area contributed by atoms with Gasteiger partial charge in [0, 0.05) is 18.8 Å². The molecular formula is C10H18N4. The highest BCUT2D eigenvalue weighted by molar-refractivity contribution is 5.51. The van der Waals surface area contributed by atoms with Crippen molar-refractivity contribution in [2.45, 2.75) is 13.8 Å². The van der Waals surface area contributed by atoms with E-state index >= 15 is 0 Å². The number of hydrogen-bond donors (Lipinski definition) is 3. The highest BCUT2D eigenvalue weighted by Gasteiger charge is 2.01. The number of hydrazine groups is 2. The zero-order chi connectivity index (χ0) is 10.4. The van der Waals surface area contributed by atoms with E-state index in [2.05, 4.69) is 24.7 Å². The average Bonchev–Trinajstić information content (AvgIpc) is 2.19. The molecule has 0 amide bonds. The van der Waals surface area contributed by atoms with Crippen LogP contribution < -0.4 is 21.7 Å². The molecule has 1 rings (SSSR count). The molecule has 0 unspecified atom stereocenters. The van der Waals surface area contributed by atoms with Crippen LogP contribution >= 0.6 is 0 Å². The molecule has 0 saturated carbocycles. The van der Waals surface area contributed by atoms with Crippen LogP contribution in [0.5, 0.6) is 0 Å². The number of nitrogen functional groups attached to an aromatic ring is 1. The summed E-state index contributed by atoms with van der Waals surface area (Å²) in [7, 11) is 0. The van der Waals surface area contributed by atoms with Gasteiger partial charge in [-0.15, -0.1) is 0 Å². The van der Waals surface area contributed by atoms with Crippen molar-refractivity contribution < 1.29 is 0 Å². The summed E-state index contributed by atoms with van der Waals surface area (Å²) in [6, 6.07) is 7.72. The maximum absolute atomic E-state index is 5.62. The lowest BCUT2D eigenvalue weighted by Crippen LogP contribution is -2.48. The number of nitrogens with one attached hydrogen (secondary N) is 2. The molecule has 14 heavy (non-hydrogen) atoms. The highest BCUT2D eigenvalue weighted by atomic mass is 15.7. The number of nitrogens with two attached hydrogens (primary N) is 1. The Labute approximate surface area is 85.0 Å². The van der Waals surface area contributed by atoms with Gasteiger partial charge in [-0.1, -0.05) is 13.8 Å². The van der Waals surface area contributed by atoms with Crippen molar-refractivity contribution in [1.82, 2.24) is 10.9 Å². The molecule has 0 atom stereocenters. The molecule has 0 aliphatic heterocycles. The predicted octanol–water partition coefficient (Wildman–Crippen LogP) is 1.12. The Balaban J connectivity index is 2.71. The van der Waals surface area contributed by atoms with E-state index in [1.807, 2.05) is 29.4 Å². The van der Waals surface area contributed by atoms with E-state index in [0.29, 0.717) is 0 Å². The zero-order valence-electron chi connectivity index (χ0n) is 8.75. The van der Waals surface area contributed by atoms with E-state index in [4.69, 9.17) is 5.73 Å². The third kappa shape index (κ3) is 2.90. The van der Waals surface area contributed by atoms with E-state index in [0.717, 1.165) is 24.5 Å². The van der Waals surface area contributed by atoms with Crippen LogP contribution in [0.3, 0.4) is 0 Å². The summed E-state index contributed by atoms with van der Waals surface area (Å²) in [5.41, 5.74) is 13.9. The molecule has 0 saturated heterocycles. The molecule has 0 aliphatic carbocycles. The fourth-order valence-electron chi connectivity index (χ4n) is 1.18. The molecule has 4 N–H and O–H groups in total. The van der Waals surface area contributed by atoms with Crippen LogP contribution in [0.1, 0.15) is 13.8 Å². The minimum Gasteiger partial charge on any atom is -0.399 e. The Hall–Kier alpha value is -1.26. The Morgan fingerprint density at radius 2 is 1.57 bits per heavy atom. The minimum atomic E-state index is 0.779. The summed E-state index contributed by atoms with van der Waals surface area (Å²) in [6.45, 7) is 5.86. The summed E-state index contributed by atoms with van der Waals surface area (Å²) in [6.07, 6.45) is 0. The van der Waals surface area contributed by atoms with E-state index in [-0.39, 0.29) is 0 Å². The van der Waals surface area contributed by atoms with Crippen molar-refractivity contribution in [1.29, 1.82) is 0 Å². The van der Waals surface area contributed by atoms with Crippen LogP contribution in [-0.4, -0.2) is 13.1 Å². The van der Waals surface area contributed by atoms with Crippen molar-refractivity contribution in [2.75, 3.05) is 23.9 Å². The summed E-state index contributed by atoms with van der Waals surface area (Å²) >= 11 is 0. The summed E-state index contributed by atoms with van der Waals surface area (Å²) in [5, 5.41) is 1.90. The number of anilines is 2. The lowest BCUT2D eigenvalue weighted by Gasteiger charge is -2.24. The van der Waals surface area contributed by atoms with Crippen molar-refractivity contribution in [3.8, 4) is 0 Å². The van der Waals surface area contributed by atoms with Crippen molar-refractivity contribution in [3.05, 3.63) is 24.3 Å². The van der Waals surface area contributed by atoms with Gasteiger partial charge in [0.25, 0.3) is 0 Å². The fourth-order valence-corrected chi connectivity index (χ4v) is 1.18. The van der Waals surface area contributed by atoms with Gasteiger partial charge in [0.15, 0.2) is 0 Å². The number of hydrogen-bond acceptors (Lipinski definition) is 4. The van der Waals surface area contributed by atoms with E-state index in [1.165, 1.54) is 0 Å². The van der Waals surface area contributed by atoms with Gasteiger partial charge in [-0.2, -0.15) is 0 Å². The molecule has 78 valence electrons. The first-order valence-corrected chi connectivity index (χ1v) is 4.90. The number of nitrogens with zero attached hydrogens (tertiary/aromatic N) is 1. The number of benzene rings is 1. The Morgan fingerprint density at radius 1 is 1.07 bits per heavy atom. The van der Waals surface area contributed by atoms with Crippen LogP contribution in [0, 0.1) is 0 Å². The Morgan fingerprint density at radius 3 is 2.00 bits per heavy atom. The molecule has 0 aliphatic rings. The van der Waals surface area contributed by atoms with E-state index in [9.17, 15) is 0 Å². The first-order valence-electron chi connectivity index (χ1n) is 4.90. The minimum absolute atomic E-state index is 0.779. The molecule has 4 nitrogen and oxygen atoms in total. The lowest BCUT2D eigenvalue weighted by atomic mass is 10.3. The molecule has 0 spiro atoms. The smallest absolute Gasteiger partial charge is 0.0703 e. The normalized spacial score (nSPS) is 10.1. The molecule has 0 aromatic heterocycles. The molecular weight excluding hydrogens is 176 g/mol. The summed E-state index contributed by atoms with van der Waals surface area (Å²) < 4.78 is 0. The SMILES string of the molecule is CCNN(NCC)c1ccc(N)cc1. The fraction of sp³-hybridized carbons (Fsp3) is 0.400. The summed E-state index contributed by atoms with van der Waals surface area (Å²) in [4.78, 5) is 0. The van der Waals surface area contributed by atoms with Crippen molar-refractivity contribution in [3.63, 3.8) is 0 Å². The highest BCUT2D eigenvalue weighted by Crippen LogP contribution is 2.12. The second-order valence-electron chi connectivity index (χ2n) is 2.95. The maximum atomic E-state index is 5.62. The third-order valence-electron chi connectivity index (χ3n) is 1.78. The molecule has 1 aromatic rings. The quantitative estimate of drug-likeness (QED) is 0.486. The molecule has 1 aromatic carbocycles. The van der Waals surface area contributed by atoms with Gasteiger partial charge in [-0.25, -0.2) is 16.0 Å². The molecule has 0 bridgehead atoms. The van der Waals surface area contributed by atoms with Crippen LogP contribution in [0.4, 0.5) is 11.4 Å². The standard InChI is InChI=1S/C10H18N4/c1-3-12-14(13-4-2)10-7-5-9(11)6-8-10/h5-8,12-13H,3-4,11H2,1-2H3. The molecule has 0 radical (unpaired) electrons. The van der Waals surface area contributed by atoms with Crippen LogP contribution in [0.2, 0.25) is 0 Å². The lowest BCUT2D eigenvalue weighted by molar-refractivity contribution is 0.550. The zero-order valence-corrected chi connectivity index (χ0v) is 8.75. The number of rotatable bonds is 5. The van der Waals surface area contributed by atoms with Gasteiger partial charge in [-0.3, -0.25) is 0 Å². The molecule has 4 heteroatoms. The third-order valence-corrected chi connectivity index (χ3v) is 1.78. The topological polar surface area (TPSA) is 53.3 Å². The average molecular weight is 194 g/mol. The van der Waals surface area contributed by atoms with Crippen LogP contribution in [0.25, 0.3) is 0 Å². The largest absolute Gasteiger partial charge is 0.399 e. The van der Waals surface area contributed by atoms with Gasteiger partial charge in [0.1, 0.15) is 0 Å². The second kappa shape index (κ2) is 5.47. The van der Waals surface area contributed by atoms with Crippen LogP contribution in [-0.2, 0) is 0 Å². The van der Waals surface area contributed by atoms with E-state index < -0.39 is 0 Å². The van der Waals surface area contributed by atoms with Gasteiger partial charge in [0.2, 0.25) is 0 Å². The second-order valence-corrected chi connectivity index (χ2v) is 2.95. The predicted molar refractivity (Wildman–Crippen MR) is 60.7 cm³/mol. The van der Waals surface area contributed by atoms with Crippen LogP contribution in [0.15, 0.2) is 24.3 Å². The van der Waals surface area contributed by atoms with Gasteiger partial charge in [0.05, 0.1) is 5.69 Å². The van der Waals surface area contributed by atoms with Gasteiger partial charge < -0.3 is 5.73 Å². The van der Waals surface area contributed by atoms with Crippen molar-refractivity contribution >= 4 is 11.4 Å². The first-order chi connectivity index (χ1) is 6.77. The van der Waals surface area contributed by atoms with Crippen molar-refractivity contribution in [2.24, 2.45) is 0 Å². The Kier molecular flexibility index (Phi) is 4.22. The summed E-state index contributed by atoms with van der Waals surface area (Å²) in [5.74, 6) is 0. The van der Waals surface area contributed by atoms with E-state index in [1.54, 1.807) is 0 Å². The van der Waals surface area contributed by atoms with Gasteiger partial charge in [-0.05, 0) is 24.3 Å². The molecule has 0 heterocycles. The Bertz CT molecular complexity index is 251. The monoisotopic (exact) mass is 194 g/mol. The molecule has 0 fully saturated rings. The first kappa shape index (κ1) is 10.8. The maximum Gasteiger partial charge on any atom is 0.0703 e.